The summed E-state index contributed by atoms with van der Waals surface area (Å²) in [7, 11) is 1.68. The first-order chi connectivity index (χ1) is 7.61. The zero-order chi connectivity index (χ0) is 12.4. The van der Waals surface area contributed by atoms with E-state index in [2.05, 4.69) is 15.6 Å². The number of halogens is 1. The van der Waals surface area contributed by atoms with E-state index in [0.29, 0.717) is 18.3 Å². The molecular formula is C9H15ClN4OS. The molecule has 0 spiro atoms. The van der Waals surface area contributed by atoms with Crippen LogP contribution in [-0.2, 0) is 4.79 Å². The molecule has 0 saturated carbocycles. The van der Waals surface area contributed by atoms with Crippen molar-refractivity contribution in [1.29, 1.82) is 5.26 Å². The highest BCUT2D eigenvalue weighted by Crippen LogP contribution is 2.07. The third-order valence-corrected chi connectivity index (χ3v) is 3.35. The molecule has 0 aliphatic heterocycles. The van der Waals surface area contributed by atoms with Crippen LogP contribution in [0.25, 0.3) is 0 Å². The van der Waals surface area contributed by atoms with Crippen LogP contribution in [0.4, 0.5) is 0 Å². The second-order valence-electron chi connectivity index (χ2n) is 2.89. The second kappa shape index (κ2) is 9.31. The van der Waals surface area contributed by atoms with Gasteiger partial charge in [-0.2, -0.15) is 17.0 Å². The fourth-order valence-electron chi connectivity index (χ4n) is 0.780. The van der Waals surface area contributed by atoms with E-state index in [1.807, 2.05) is 0 Å². The van der Waals surface area contributed by atoms with Crippen LogP contribution in [0, 0.1) is 11.5 Å². The molecule has 0 rings (SSSR count). The Morgan fingerprint density at radius 3 is 2.88 bits per heavy atom. The number of thioether (sulfide) groups is 1. The van der Waals surface area contributed by atoms with E-state index in [1.165, 1.54) is 6.92 Å². The van der Waals surface area contributed by atoms with E-state index in [1.54, 1.807) is 25.0 Å². The fourth-order valence-corrected chi connectivity index (χ4v) is 1.90. The van der Waals surface area contributed by atoms with Gasteiger partial charge in [-0.3, -0.25) is 4.79 Å². The summed E-state index contributed by atoms with van der Waals surface area (Å²) >= 11 is 7.34. The average molecular weight is 263 g/mol. The molecule has 0 aliphatic carbocycles. The number of hydrogen-bond acceptors (Lipinski definition) is 4. The number of carbonyl (C=O) groups excluding carboxylic acids is 1. The summed E-state index contributed by atoms with van der Waals surface area (Å²) in [6.45, 7) is 2.14. The summed E-state index contributed by atoms with van der Waals surface area (Å²) in [5, 5.41) is 13.6. The van der Waals surface area contributed by atoms with E-state index >= 15 is 0 Å². The van der Waals surface area contributed by atoms with Gasteiger partial charge >= 0.3 is 0 Å². The van der Waals surface area contributed by atoms with Crippen molar-refractivity contribution in [3.05, 3.63) is 0 Å². The highest BCUT2D eigenvalue weighted by molar-refractivity contribution is 7.99. The largest absolute Gasteiger partial charge is 0.359 e. The van der Waals surface area contributed by atoms with Crippen LogP contribution in [0.1, 0.15) is 6.92 Å². The molecule has 5 nitrogen and oxygen atoms in total. The molecule has 0 fully saturated rings. The molecule has 0 bridgehead atoms. The molecule has 0 heterocycles. The van der Waals surface area contributed by atoms with Gasteiger partial charge < -0.3 is 10.6 Å². The average Bonchev–Trinajstić information content (AvgIpc) is 2.26. The van der Waals surface area contributed by atoms with Gasteiger partial charge in [0.25, 0.3) is 0 Å². The number of alkyl halides is 1. The van der Waals surface area contributed by atoms with Crippen LogP contribution in [0.3, 0.4) is 0 Å². The van der Waals surface area contributed by atoms with Gasteiger partial charge in [-0.25, -0.2) is 0 Å². The lowest BCUT2D eigenvalue weighted by molar-refractivity contribution is -0.116. The van der Waals surface area contributed by atoms with Crippen LogP contribution in [-0.4, -0.2) is 42.2 Å². The fraction of sp³-hybridized carbons (Fsp3) is 0.667. The third kappa shape index (κ3) is 7.37. The Hall–Kier alpha value is -0.930. The van der Waals surface area contributed by atoms with Gasteiger partial charge in [0.2, 0.25) is 12.2 Å². The lowest BCUT2D eigenvalue weighted by Crippen LogP contribution is -2.36. The van der Waals surface area contributed by atoms with Crippen LogP contribution in [0.15, 0.2) is 4.99 Å². The Labute approximate surface area is 105 Å². The topological polar surface area (TPSA) is 77.3 Å². The van der Waals surface area contributed by atoms with E-state index in [0.717, 1.165) is 5.75 Å². The molecule has 0 aromatic heterocycles. The normalized spacial score (nSPS) is 12.8. The molecule has 0 aliphatic rings. The third-order valence-electron chi connectivity index (χ3n) is 1.64. The molecule has 1 unspecified atom stereocenters. The minimum atomic E-state index is -0.415. The molecule has 0 amide bonds. The second-order valence-corrected chi connectivity index (χ2v) is 4.57. The van der Waals surface area contributed by atoms with Gasteiger partial charge in [0.1, 0.15) is 11.2 Å². The van der Waals surface area contributed by atoms with Crippen molar-refractivity contribution in [2.75, 3.05) is 25.1 Å². The van der Waals surface area contributed by atoms with Crippen LogP contribution < -0.4 is 10.6 Å². The van der Waals surface area contributed by atoms with Gasteiger partial charge in [0, 0.05) is 25.1 Å². The number of carbonyl (C=O) groups is 1. The summed E-state index contributed by atoms with van der Waals surface area (Å²) < 4.78 is 0. The summed E-state index contributed by atoms with van der Waals surface area (Å²) in [5.74, 6) is 1.83. The molecule has 2 N–H and O–H groups in total. The monoisotopic (exact) mass is 262 g/mol. The molecule has 0 saturated heterocycles. The Balaban J connectivity index is 3.58. The summed E-state index contributed by atoms with van der Waals surface area (Å²) in [6, 6.07) is 0. The van der Waals surface area contributed by atoms with E-state index in [4.69, 9.17) is 16.9 Å². The summed E-state index contributed by atoms with van der Waals surface area (Å²) in [4.78, 5) is 14.3. The van der Waals surface area contributed by atoms with Crippen molar-refractivity contribution >= 4 is 35.1 Å². The number of ketones is 1. The van der Waals surface area contributed by atoms with Crippen molar-refractivity contribution in [1.82, 2.24) is 10.6 Å². The molecule has 90 valence electrons. The Bertz CT molecular complexity index is 290. The standard InChI is InChI=1S/C9H15ClN4OS/c1-7(15)8(10)5-16-4-3-13-9(12-2)14-6-11/h8H,3-5H2,1-2H3,(H2,12,13,14). The smallest absolute Gasteiger partial charge is 0.209 e. The Morgan fingerprint density at radius 1 is 1.69 bits per heavy atom. The van der Waals surface area contributed by atoms with E-state index in [9.17, 15) is 4.79 Å². The number of nitriles is 1. The number of aliphatic imine (C=N–C) groups is 1. The number of guanidine groups is 1. The highest BCUT2D eigenvalue weighted by atomic mass is 35.5. The lowest BCUT2D eigenvalue weighted by Gasteiger charge is -2.08. The van der Waals surface area contributed by atoms with Gasteiger partial charge in [-0.05, 0) is 6.92 Å². The molecule has 7 heteroatoms. The number of nitrogens with one attached hydrogen (secondary N) is 2. The number of hydrogen-bond donors (Lipinski definition) is 2. The molecule has 1 atom stereocenters. The first-order valence-corrected chi connectivity index (χ1v) is 6.31. The van der Waals surface area contributed by atoms with Crippen molar-refractivity contribution in [3.8, 4) is 6.19 Å². The van der Waals surface area contributed by atoms with Gasteiger partial charge in [-0.15, -0.1) is 16.6 Å². The maximum atomic E-state index is 10.8. The van der Waals surface area contributed by atoms with Gasteiger partial charge in [-0.1, -0.05) is 0 Å². The highest BCUT2D eigenvalue weighted by Gasteiger charge is 2.09. The maximum absolute atomic E-state index is 10.8. The van der Waals surface area contributed by atoms with Crippen molar-refractivity contribution in [2.24, 2.45) is 4.99 Å². The maximum Gasteiger partial charge on any atom is 0.209 e. The van der Waals surface area contributed by atoms with E-state index in [-0.39, 0.29) is 5.78 Å². The van der Waals surface area contributed by atoms with Crippen molar-refractivity contribution < 1.29 is 4.79 Å². The van der Waals surface area contributed by atoms with Gasteiger partial charge in [0.15, 0.2) is 0 Å². The van der Waals surface area contributed by atoms with Crippen molar-refractivity contribution in [2.45, 2.75) is 12.3 Å². The van der Waals surface area contributed by atoms with Crippen molar-refractivity contribution in [3.63, 3.8) is 0 Å². The zero-order valence-corrected chi connectivity index (χ0v) is 10.9. The zero-order valence-electron chi connectivity index (χ0n) is 9.29. The van der Waals surface area contributed by atoms with E-state index < -0.39 is 5.38 Å². The molecule has 16 heavy (non-hydrogen) atoms. The quantitative estimate of drug-likeness (QED) is 0.241. The van der Waals surface area contributed by atoms with Gasteiger partial charge in [0.05, 0.1) is 0 Å². The van der Waals surface area contributed by atoms with Crippen LogP contribution in [0.2, 0.25) is 0 Å². The molecule has 0 aromatic carbocycles. The number of nitrogens with zero attached hydrogens (tertiary/aromatic N) is 2. The first-order valence-electron chi connectivity index (χ1n) is 4.72. The number of rotatable bonds is 6. The molecule has 0 radical (unpaired) electrons. The first kappa shape index (κ1) is 15.1. The SMILES string of the molecule is CNC(=NC#N)NCCSCC(Cl)C(C)=O. The summed E-state index contributed by atoms with van der Waals surface area (Å²) in [6.07, 6.45) is 1.68. The lowest BCUT2D eigenvalue weighted by atomic mass is 10.3. The molecular weight excluding hydrogens is 248 g/mol. The van der Waals surface area contributed by atoms with Crippen LogP contribution in [0.5, 0.6) is 0 Å². The Morgan fingerprint density at radius 2 is 2.38 bits per heavy atom. The predicted molar refractivity (Wildman–Crippen MR) is 67.8 cm³/mol. The summed E-state index contributed by atoms with van der Waals surface area (Å²) in [5.41, 5.74) is 0. The molecule has 0 aromatic rings. The Kier molecular flexibility index (Phi) is 8.77. The minimum absolute atomic E-state index is 0.0101. The number of Topliss-reactive ketones (excluding diaryl/α,β-unsaturated/α-hetero) is 1. The van der Waals surface area contributed by atoms with Crippen LogP contribution >= 0.6 is 23.4 Å². The predicted octanol–water partition coefficient (Wildman–Crippen LogP) is 0.562. The minimum Gasteiger partial charge on any atom is -0.359 e.